The Hall–Kier alpha value is -0.950. The number of hydrogen-bond donors (Lipinski definition) is 1. The molecule has 1 aromatic carbocycles. The number of aliphatic hydroxyl groups is 1. The zero-order chi connectivity index (χ0) is 16.6. The van der Waals surface area contributed by atoms with E-state index >= 15 is 0 Å². The summed E-state index contributed by atoms with van der Waals surface area (Å²) in [5.41, 5.74) is 1.77. The lowest BCUT2D eigenvalue weighted by molar-refractivity contribution is 0.132. The number of aliphatic hydroxyl groups excluding tert-OH is 1. The van der Waals surface area contributed by atoms with Crippen molar-refractivity contribution in [3.63, 3.8) is 0 Å². The third-order valence-corrected chi connectivity index (χ3v) is 7.14. The van der Waals surface area contributed by atoms with Gasteiger partial charge in [0.2, 0.25) is 10.0 Å². The van der Waals surface area contributed by atoms with E-state index < -0.39 is 10.0 Å². The number of sulfonamides is 1. The summed E-state index contributed by atoms with van der Waals surface area (Å²) in [6.07, 6.45) is 2.31. The molecule has 1 aromatic rings. The smallest absolute Gasteiger partial charge is 0.243 e. The van der Waals surface area contributed by atoms with Gasteiger partial charge in [-0.1, -0.05) is 12.1 Å². The molecule has 2 aliphatic heterocycles. The number of β-amino-alcohol motifs (C(OH)–C–C–N with tert-alkyl or cyclic N) is 1. The first-order valence-corrected chi connectivity index (χ1v) is 9.81. The van der Waals surface area contributed by atoms with Crippen LogP contribution in [0, 0.1) is 13.8 Å². The van der Waals surface area contributed by atoms with Crippen molar-refractivity contribution in [3.8, 4) is 0 Å². The second-order valence-corrected chi connectivity index (χ2v) is 8.75. The molecule has 0 aliphatic carbocycles. The van der Waals surface area contributed by atoms with E-state index in [2.05, 4.69) is 4.90 Å². The van der Waals surface area contributed by atoms with Gasteiger partial charge in [-0.05, 0) is 50.3 Å². The Bertz CT molecular complexity index is 666. The number of hydrogen-bond acceptors (Lipinski definition) is 4. The lowest BCUT2D eigenvalue weighted by Gasteiger charge is -2.36. The molecule has 0 saturated carbocycles. The average molecular weight is 338 g/mol. The molecule has 1 N–H and O–H groups in total. The number of rotatable bonds is 3. The first-order valence-electron chi connectivity index (χ1n) is 8.37. The fourth-order valence-electron chi connectivity index (χ4n) is 3.67. The molecule has 23 heavy (non-hydrogen) atoms. The van der Waals surface area contributed by atoms with Crippen molar-refractivity contribution < 1.29 is 13.5 Å². The Balaban J connectivity index is 1.70. The predicted molar refractivity (Wildman–Crippen MR) is 89.9 cm³/mol. The third-order valence-electron chi connectivity index (χ3n) is 5.10. The zero-order valence-corrected chi connectivity index (χ0v) is 14.7. The highest BCUT2D eigenvalue weighted by atomic mass is 32.2. The number of piperidine rings is 1. The monoisotopic (exact) mass is 338 g/mol. The summed E-state index contributed by atoms with van der Waals surface area (Å²) >= 11 is 0. The SMILES string of the molecule is Cc1ccc(C)c(S(=O)(=O)N2CCC(N3CCC(O)C3)CC2)c1. The fourth-order valence-corrected chi connectivity index (χ4v) is 5.45. The number of benzene rings is 1. The summed E-state index contributed by atoms with van der Waals surface area (Å²) in [6.45, 7) is 6.55. The van der Waals surface area contributed by atoms with E-state index in [0.29, 0.717) is 24.0 Å². The minimum Gasteiger partial charge on any atom is -0.392 e. The lowest BCUT2D eigenvalue weighted by Crippen LogP contribution is -2.46. The molecule has 0 amide bonds. The van der Waals surface area contributed by atoms with Crippen LogP contribution in [-0.4, -0.2) is 61.1 Å². The fraction of sp³-hybridized carbons (Fsp3) is 0.647. The molecule has 0 bridgehead atoms. The van der Waals surface area contributed by atoms with Gasteiger partial charge in [-0.25, -0.2) is 8.42 Å². The first-order chi connectivity index (χ1) is 10.9. The molecule has 1 atom stereocenters. The first kappa shape index (κ1) is 16.9. The molecule has 1 unspecified atom stereocenters. The molecule has 2 fully saturated rings. The number of nitrogens with zero attached hydrogens (tertiary/aromatic N) is 2. The summed E-state index contributed by atoms with van der Waals surface area (Å²) in [6, 6.07) is 5.99. The summed E-state index contributed by atoms with van der Waals surface area (Å²) in [7, 11) is -3.41. The number of aryl methyl sites for hydroxylation is 2. The van der Waals surface area contributed by atoms with E-state index in [9.17, 15) is 13.5 Å². The van der Waals surface area contributed by atoms with Crippen molar-refractivity contribution in [2.75, 3.05) is 26.2 Å². The van der Waals surface area contributed by atoms with Crippen molar-refractivity contribution in [1.82, 2.24) is 9.21 Å². The maximum absolute atomic E-state index is 12.9. The topological polar surface area (TPSA) is 60.9 Å². The van der Waals surface area contributed by atoms with Crippen LogP contribution in [0.2, 0.25) is 0 Å². The van der Waals surface area contributed by atoms with E-state index in [1.165, 1.54) is 0 Å². The Labute approximate surface area is 139 Å². The Morgan fingerprint density at radius 2 is 1.78 bits per heavy atom. The molecule has 0 radical (unpaired) electrons. The molecular weight excluding hydrogens is 312 g/mol. The molecular formula is C17H26N2O3S. The molecule has 3 rings (SSSR count). The van der Waals surface area contributed by atoms with Crippen LogP contribution < -0.4 is 0 Å². The van der Waals surface area contributed by atoms with Gasteiger partial charge >= 0.3 is 0 Å². The van der Waals surface area contributed by atoms with Crippen LogP contribution >= 0.6 is 0 Å². The molecule has 0 aromatic heterocycles. The van der Waals surface area contributed by atoms with Gasteiger partial charge in [-0.2, -0.15) is 4.31 Å². The van der Waals surface area contributed by atoms with E-state index in [-0.39, 0.29) is 6.10 Å². The van der Waals surface area contributed by atoms with Gasteiger partial charge < -0.3 is 5.11 Å². The van der Waals surface area contributed by atoms with Gasteiger partial charge in [0.15, 0.2) is 0 Å². The van der Waals surface area contributed by atoms with Crippen LogP contribution in [0.4, 0.5) is 0 Å². The van der Waals surface area contributed by atoms with Gasteiger partial charge in [0.25, 0.3) is 0 Å². The molecule has 2 aliphatic rings. The summed E-state index contributed by atoms with van der Waals surface area (Å²) < 4.78 is 27.4. The second kappa shape index (κ2) is 6.51. The highest BCUT2D eigenvalue weighted by Crippen LogP contribution is 2.27. The van der Waals surface area contributed by atoms with E-state index in [1.54, 1.807) is 10.4 Å². The van der Waals surface area contributed by atoms with Crippen molar-refractivity contribution in [2.24, 2.45) is 0 Å². The van der Waals surface area contributed by atoms with Crippen LogP contribution in [0.5, 0.6) is 0 Å². The molecule has 2 heterocycles. The summed E-state index contributed by atoms with van der Waals surface area (Å²) in [5, 5.41) is 9.67. The largest absolute Gasteiger partial charge is 0.392 e. The predicted octanol–water partition coefficient (Wildman–Crippen LogP) is 1.52. The number of likely N-dealkylation sites (tertiary alicyclic amines) is 1. The van der Waals surface area contributed by atoms with Crippen molar-refractivity contribution in [1.29, 1.82) is 0 Å². The molecule has 128 valence electrons. The van der Waals surface area contributed by atoms with Crippen LogP contribution in [-0.2, 0) is 10.0 Å². The van der Waals surface area contributed by atoms with Gasteiger partial charge in [0, 0.05) is 32.2 Å². The maximum Gasteiger partial charge on any atom is 0.243 e. The van der Waals surface area contributed by atoms with Gasteiger partial charge in [-0.15, -0.1) is 0 Å². The molecule has 6 heteroatoms. The quantitative estimate of drug-likeness (QED) is 0.908. The van der Waals surface area contributed by atoms with E-state index in [4.69, 9.17) is 0 Å². The summed E-state index contributed by atoms with van der Waals surface area (Å²) in [5.74, 6) is 0. The summed E-state index contributed by atoms with van der Waals surface area (Å²) in [4.78, 5) is 2.75. The molecule has 2 saturated heterocycles. The average Bonchev–Trinajstić information content (AvgIpc) is 2.96. The lowest BCUT2D eigenvalue weighted by atomic mass is 10.1. The van der Waals surface area contributed by atoms with Crippen molar-refractivity contribution in [2.45, 2.75) is 50.2 Å². The Morgan fingerprint density at radius 1 is 1.09 bits per heavy atom. The van der Waals surface area contributed by atoms with Crippen molar-refractivity contribution >= 4 is 10.0 Å². The third kappa shape index (κ3) is 3.45. The van der Waals surface area contributed by atoms with Gasteiger partial charge in [0.1, 0.15) is 0 Å². The van der Waals surface area contributed by atoms with Crippen LogP contribution in [0.25, 0.3) is 0 Å². The Morgan fingerprint density at radius 3 is 2.39 bits per heavy atom. The van der Waals surface area contributed by atoms with Gasteiger partial charge in [0.05, 0.1) is 11.0 Å². The Kier molecular flexibility index (Phi) is 4.78. The van der Waals surface area contributed by atoms with Crippen LogP contribution in [0.1, 0.15) is 30.4 Å². The van der Waals surface area contributed by atoms with E-state index in [0.717, 1.165) is 43.5 Å². The van der Waals surface area contributed by atoms with Gasteiger partial charge in [-0.3, -0.25) is 4.90 Å². The zero-order valence-electron chi connectivity index (χ0n) is 13.9. The van der Waals surface area contributed by atoms with Crippen LogP contribution in [0.15, 0.2) is 23.1 Å². The maximum atomic E-state index is 12.9. The second-order valence-electron chi connectivity index (χ2n) is 6.84. The minimum atomic E-state index is -3.41. The normalized spacial score (nSPS) is 25.1. The van der Waals surface area contributed by atoms with Crippen LogP contribution in [0.3, 0.4) is 0 Å². The van der Waals surface area contributed by atoms with E-state index in [1.807, 2.05) is 26.0 Å². The molecule has 0 spiro atoms. The molecule has 5 nitrogen and oxygen atoms in total. The highest BCUT2D eigenvalue weighted by molar-refractivity contribution is 7.89. The minimum absolute atomic E-state index is 0.216. The standard InChI is InChI=1S/C17H26N2O3S/c1-13-3-4-14(2)17(11-13)23(21,22)19-9-5-15(6-10-19)18-8-7-16(20)12-18/h3-4,11,15-16,20H,5-10,12H2,1-2H3. The van der Waals surface area contributed by atoms with Crippen molar-refractivity contribution in [3.05, 3.63) is 29.3 Å². The highest BCUT2D eigenvalue weighted by Gasteiger charge is 2.34.